The van der Waals surface area contributed by atoms with Crippen LogP contribution in [0.4, 0.5) is 5.95 Å². The standard InChI is InChI=1S/C14H18N4O2/c1-10(8-9-20-12-6-4-3-5-7-12)13(19)16-14-15-11(2)17-18-14/h3-7,10H,8-9H2,1-2H3,(H2,15,16,17,18,19)/t10-/m1/s1. The van der Waals surface area contributed by atoms with E-state index in [0.29, 0.717) is 24.8 Å². The molecule has 1 atom stereocenters. The van der Waals surface area contributed by atoms with Crippen LogP contribution in [0.25, 0.3) is 0 Å². The molecule has 0 aliphatic rings. The van der Waals surface area contributed by atoms with Crippen molar-refractivity contribution in [3.8, 4) is 5.75 Å². The zero-order valence-electron chi connectivity index (χ0n) is 11.6. The normalized spacial score (nSPS) is 11.9. The largest absolute Gasteiger partial charge is 0.494 e. The molecule has 0 radical (unpaired) electrons. The Labute approximate surface area is 117 Å². The van der Waals surface area contributed by atoms with E-state index in [4.69, 9.17) is 4.74 Å². The molecule has 0 bridgehead atoms. The second kappa shape index (κ2) is 6.70. The summed E-state index contributed by atoms with van der Waals surface area (Å²) in [6.45, 7) is 4.12. The Hall–Kier alpha value is -2.37. The molecule has 2 aromatic rings. The van der Waals surface area contributed by atoms with Crippen LogP contribution < -0.4 is 10.1 Å². The molecule has 6 nitrogen and oxygen atoms in total. The van der Waals surface area contributed by atoms with Gasteiger partial charge in [0, 0.05) is 5.92 Å². The number of hydrogen-bond acceptors (Lipinski definition) is 4. The zero-order chi connectivity index (χ0) is 14.4. The number of aromatic nitrogens is 3. The third-order valence-corrected chi connectivity index (χ3v) is 2.84. The highest BCUT2D eigenvalue weighted by atomic mass is 16.5. The van der Waals surface area contributed by atoms with E-state index < -0.39 is 0 Å². The lowest BCUT2D eigenvalue weighted by molar-refractivity contribution is -0.119. The van der Waals surface area contributed by atoms with Crippen LogP contribution in [0.2, 0.25) is 0 Å². The van der Waals surface area contributed by atoms with Crippen molar-refractivity contribution < 1.29 is 9.53 Å². The Bertz CT molecular complexity index is 553. The molecule has 0 saturated carbocycles. The maximum absolute atomic E-state index is 11.9. The van der Waals surface area contributed by atoms with Crippen molar-refractivity contribution in [2.45, 2.75) is 20.3 Å². The average molecular weight is 274 g/mol. The molecule has 2 N–H and O–H groups in total. The second-order valence-electron chi connectivity index (χ2n) is 4.58. The lowest BCUT2D eigenvalue weighted by Gasteiger charge is -2.11. The molecule has 2 rings (SSSR count). The minimum Gasteiger partial charge on any atom is -0.494 e. The van der Waals surface area contributed by atoms with Gasteiger partial charge in [-0.05, 0) is 25.5 Å². The number of H-pyrrole nitrogens is 1. The maximum atomic E-state index is 11.9. The lowest BCUT2D eigenvalue weighted by atomic mass is 10.1. The molecule has 0 unspecified atom stereocenters. The molecule has 1 heterocycles. The van der Waals surface area contributed by atoms with Crippen LogP contribution in [0.3, 0.4) is 0 Å². The number of benzene rings is 1. The van der Waals surface area contributed by atoms with Crippen LogP contribution >= 0.6 is 0 Å². The number of carbonyl (C=O) groups excluding carboxylic acids is 1. The number of nitrogens with one attached hydrogen (secondary N) is 2. The first-order valence-electron chi connectivity index (χ1n) is 6.53. The molecule has 20 heavy (non-hydrogen) atoms. The Morgan fingerprint density at radius 3 is 2.80 bits per heavy atom. The van der Waals surface area contributed by atoms with E-state index in [-0.39, 0.29) is 11.8 Å². The summed E-state index contributed by atoms with van der Waals surface area (Å²) in [5, 5.41) is 9.21. The number of aromatic amines is 1. The van der Waals surface area contributed by atoms with E-state index >= 15 is 0 Å². The molecule has 6 heteroatoms. The van der Waals surface area contributed by atoms with Gasteiger partial charge in [0.1, 0.15) is 11.6 Å². The number of amides is 1. The summed E-state index contributed by atoms with van der Waals surface area (Å²) in [6.07, 6.45) is 0.629. The van der Waals surface area contributed by atoms with Gasteiger partial charge in [-0.15, -0.1) is 5.10 Å². The lowest BCUT2D eigenvalue weighted by Crippen LogP contribution is -2.22. The number of hydrogen-bond donors (Lipinski definition) is 2. The molecule has 0 aliphatic heterocycles. The Kier molecular flexibility index (Phi) is 4.70. The number of para-hydroxylation sites is 1. The van der Waals surface area contributed by atoms with Gasteiger partial charge in [0.15, 0.2) is 0 Å². The van der Waals surface area contributed by atoms with E-state index in [0.717, 1.165) is 5.75 Å². The van der Waals surface area contributed by atoms with Gasteiger partial charge >= 0.3 is 0 Å². The predicted molar refractivity (Wildman–Crippen MR) is 75.5 cm³/mol. The van der Waals surface area contributed by atoms with Gasteiger partial charge in [0.25, 0.3) is 0 Å². The molecule has 0 aliphatic carbocycles. The van der Waals surface area contributed by atoms with Crippen molar-refractivity contribution in [3.63, 3.8) is 0 Å². The smallest absolute Gasteiger partial charge is 0.248 e. The minimum absolute atomic E-state index is 0.110. The van der Waals surface area contributed by atoms with Crippen molar-refractivity contribution in [1.29, 1.82) is 0 Å². The third kappa shape index (κ3) is 4.08. The molecule has 0 fully saturated rings. The number of ether oxygens (including phenoxy) is 1. The fourth-order valence-electron chi connectivity index (χ4n) is 1.63. The minimum atomic E-state index is -0.169. The highest BCUT2D eigenvalue weighted by Crippen LogP contribution is 2.11. The number of carbonyl (C=O) groups is 1. The summed E-state index contributed by atoms with van der Waals surface area (Å²) >= 11 is 0. The molecule has 1 aromatic carbocycles. The van der Waals surface area contributed by atoms with Crippen LogP contribution in [0, 0.1) is 12.8 Å². The third-order valence-electron chi connectivity index (χ3n) is 2.84. The molecule has 0 spiro atoms. The summed E-state index contributed by atoms with van der Waals surface area (Å²) in [6, 6.07) is 9.54. The summed E-state index contributed by atoms with van der Waals surface area (Å²) in [5.41, 5.74) is 0. The molecule has 1 aromatic heterocycles. The van der Waals surface area contributed by atoms with Crippen molar-refractivity contribution in [2.75, 3.05) is 11.9 Å². The molecule has 106 valence electrons. The van der Waals surface area contributed by atoms with Crippen molar-refractivity contribution in [1.82, 2.24) is 15.2 Å². The zero-order valence-corrected chi connectivity index (χ0v) is 11.6. The molecule has 1 amide bonds. The van der Waals surface area contributed by atoms with Gasteiger partial charge in [0.2, 0.25) is 11.9 Å². The van der Waals surface area contributed by atoms with E-state index in [1.54, 1.807) is 6.92 Å². The fourth-order valence-corrected chi connectivity index (χ4v) is 1.63. The SMILES string of the molecule is Cc1nc(NC(=O)[C@H](C)CCOc2ccccc2)n[nH]1. The van der Waals surface area contributed by atoms with Gasteiger partial charge in [-0.25, -0.2) is 0 Å². The Balaban J connectivity index is 1.74. The van der Waals surface area contributed by atoms with Crippen LogP contribution in [0.1, 0.15) is 19.2 Å². The van der Waals surface area contributed by atoms with Crippen LogP contribution in [0.15, 0.2) is 30.3 Å². The van der Waals surface area contributed by atoms with E-state index in [1.807, 2.05) is 37.3 Å². The van der Waals surface area contributed by atoms with Crippen molar-refractivity contribution in [2.24, 2.45) is 5.92 Å². The van der Waals surface area contributed by atoms with Crippen LogP contribution in [-0.2, 0) is 4.79 Å². The van der Waals surface area contributed by atoms with Crippen LogP contribution in [0.5, 0.6) is 5.75 Å². The quantitative estimate of drug-likeness (QED) is 0.846. The number of rotatable bonds is 6. The van der Waals surface area contributed by atoms with Crippen molar-refractivity contribution >= 4 is 11.9 Å². The summed E-state index contributed by atoms with van der Waals surface area (Å²) < 4.78 is 5.56. The topological polar surface area (TPSA) is 79.9 Å². The van der Waals surface area contributed by atoms with E-state index in [1.165, 1.54) is 0 Å². The first kappa shape index (κ1) is 14.0. The molecule has 0 saturated heterocycles. The van der Waals surface area contributed by atoms with Gasteiger partial charge in [0.05, 0.1) is 6.61 Å². The highest BCUT2D eigenvalue weighted by molar-refractivity contribution is 5.90. The summed E-state index contributed by atoms with van der Waals surface area (Å²) in [4.78, 5) is 15.9. The number of nitrogens with zero attached hydrogens (tertiary/aromatic N) is 2. The Morgan fingerprint density at radius 2 is 2.15 bits per heavy atom. The van der Waals surface area contributed by atoms with Gasteiger partial charge in [-0.1, -0.05) is 25.1 Å². The first-order chi connectivity index (χ1) is 9.65. The van der Waals surface area contributed by atoms with E-state index in [2.05, 4.69) is 20.5 Å². The van der Waals surface area contributed by atoms with Gasteiger partial charge in [-0.3, -0.25) is 15.2 Å². The van der Waals surface area contributed by atoms with Crippen LogP contribution in [-0.4, -0.2) is 27.7 Å². The van der Waals surface area contributed by atoms with Gasteiger partial charge in [-0.2, -0.15) is 4.98 Å². The molecular formula is C14H18N4O2. The number of aryl methyl sites for hydroxylation is 1. The van der Waals surface area contributed by atoms with Crippen molar-refractivity contribution in [3.05, 3.63) is 36.2 Å². The predicted octanol–water partition coefficient (Wildman–Crippen LogP) is 2.16. The van der Waals surface area contributed by atoms with Gasteiger partial charge < -0.3 is 4.74 Å². The second-order valence-corrected chi connectivity index (χ2v) is 4.58. The Morgan fingerprint density at radius 1 is 1.40 bits per heavy atom. The molecular weight excluding hydrogens is 256 g/mol. The summed E-state index contributed by atoms with van der Waals surface area (Å²) in [5.74, 6) is 1.51. The first-order valence-corrected chi connectivity index (χ1v) is 6.53. The maximum Gasteiger partial charge on any atom is 0.248 e. The fraction of sp³-hybridized carbons (Fsp3) is 0.357. The van der Waals surface area contributed by atoms with E-state index in [9.17, 15) is 4.79 Å². The average Bonchev–Trinajstić information content (AvgIpc) is 2.85. The highest BCUT2D eigenvalue weighted by Gasteiger charge is 2.14. The number of anilines is 1. The summed E-state index contributed by atoms with van der Waals surface area (Å²) in [7, 11) is 0. The monoisotopic (exact) mass is 274 g/mol.